The van der Waals surface area contributed by atoms with Crippen molar-refractivity contribution in [2.75, 3.05) is 26.6 Å². The van der Waals surface area contributed by atoms with Crippen molar-refractivity contribution in [3.8, 4) is 5.82 Å². The molecule has 3 N–H and O–H groups in total. The third-order valence-electron chi connectivity index (χ3n) is 2.63. The van der Waals surface area contributed by atoms with E-state index >= 15 is 0 Å². The zero-order valence-corrected chi connectivity index (χ0v) is 12.1. The summed E-state index contributed by atoms with van der Waals surface area (Å²) in [5, 5.41) is 4.20. The summed E-state index contributed by atoms with van der Waals surface area (Å²) in [6, 6.07) is 3.24. The molecule has 21 heavy (non-hydrogen) atoms. The summed E-state index contributed by atoms with van der Waals surface area (Å²) in [6.07, 6.45) is 1.65. The van der Waals surface area contributed by atoms with E-state index in [1.54, 1.807) is 39.5 Å². The second-order valence-electron chi connectivity index (χ2n) is 4.45. The Morgan fingerprint density at radius 3 is 2.86 bits per heavy atom. The van der Waals surface area contributed by atoms with Crippen LogP contribution in [0.4, 0.5) is 5.82 Å². The Kier molecular flexibility index (Phi) is 4.45. The fraction of sp³-hybridized carbons (Fsp3) is 0.333. The van der Waals surface area contributed by atoms with Crippen molar-refractivity contribution in [2.24, 2.45) is 5.84 Å². The number of nitrogen functional groups attached to an aromatic ring is 1. The molecule has 0 fully saturated rings. The number of hydrogen-bond acceptors (Lipinski definition) is 7. The largest absolute Gasteiger partial charge is 0.377 e. The van der Waals surface area contributed by atoms with Gasteiger partial charge in [0.15, 0.2) is 17.3 Å². The van der Waals surface area contributed by atoms with E-state index < -0.39 is 0 Å². The minimum Gasteiger partial charge on any atom is -0.377 e. The third kappa shape index (κ3) is 3.33. The van der Waals surface area contributed by atoms with Gasteiger partial charge in [-0.1, -0.05) is 0 Å². The molecule has 0 unspecified atom stereocenters. The first-order valence-corrected chi connectivity index (χ1v) is 6.16. The average molecular weight is 291 g/mol. The molecule has 112 valence electrons. The lowest BCUT2D eigenvalue weighted by Crippen LogP contribution is -2.22. The first-order valence-electron chi connectivity index (χ1n) is 6.16. The SMILES string of the molecule is COCc1nc(NN)cc(-n2ccc(C(=O)N(C)C)n2)n1. The Hall–Kier alpha value is -2.52. The third-order valence-corrected chi connectivity index (χ3v) is 2.63. The Labute approximate surface area is 121 Å². The van der Waals surface area contributed by atoms with E-state index in [0.717, 1.165) is 0 Å². The molecule has 2 aromatic heterocycles. The molecule has 0 aromatic carbocycles. The number of aromatic nitrogens is 4. The molecule has 0 aliphatic rings. The van der Waals surface area contributed by atoms with E-state index in [-0.39, 0.29) is 12.5 Å². The highest BCUT2D eigenvalue weighted by molar-refractivity contribution is 5.91. The monoisotopic (exact) mass is 291 g/mol. The van der Waals surface area contributed by atoms with E-state index in [9.17, 15) is 4.79 Å². The van der Waals surface area contributed by atoms with Gasteiger partial charge in [0.05, 0.1) is 0 Å². The summed E-state index contributed by atoms with van der Waals surface area (Å²) in [6.45, 7) is 0.243. The molecule has 0 radical (unpaired) electrons. The van der Waals surface area contributed by atoms with E-state index in [2.05, 4.69) is 20.5 Å². The minimum absolute atomic E-state index is 0.183. The fourth-order valence-electron chi connectivity index (χ4n) is 1.66. The quantitative estimate of drug-likeness (QED) is 0.579. The summed E-state index contributed by atoms with van der Waals surface area (Å²) >= 11 is 0. The average Bonchev–Trinajstić information content (AvgIpc) is 2.96. The van der Waals surface area contributed by atoms with Crippen LogP contribution in [-0.2, 0) is 11.3 Å². The van der Waals surface area contributed by atoms with E-state index in [1.807, 2.05) is 0 Å². The number of methoxy groups -OCH3 is 1. The Morgan fingerprint density at radius 1 is 1.48 bits per heavy atom. The van der Waals surface area contributed by atoms with Crippen molar-refractivity contribution in [3.63, 3.8) is 0 Å². The zero-order chi connectivity index (χ0) is 15.4. The van der Waals surface area contributed by atoms with Crippen molar-refractivity contribution in [2.45, 2.75) is 6.61 Å². The predicted octanol–water partition coefficient (Wildman–Crippen LogP) is -0.204. The molecule has 0 saturated carbocycles. The van der Waals surface area contributed by atoms with Crippen LogP contribution in [0.1, 0.15) is 16.3 Å². The van der Waals surface area contributed by atoms with Crippen LogP contribution in [0.5, 0.6) is 0 Å². The van der Waals surface area contributed by atoms with Crippen LogP contribution in [0.3, 0.4) is 0 Å². The van der Waals surface area contributed by atoms with Gasteiger partial charge in [0, 0.05) is 33.5 Å². The Balaban J connectivity index is 2.37. The second kappa shape index (κ2) is 6.29. The van der Waals surface area contributed by atoms with E-state index in [1.165, 1.54) is 9.58 Å². The number of nitrogens with zero attached hydrogens (tertiary/aromatic N) is 5. The first kappa shape index (κ1) is 14.9. The summed E-state index contributed by atoms with van der Waals surface area (Å²) in [5.74, 6) is 6.58. The highest BCUT2D eigenvalue weighted by atomic mass is 16.5. The van der Waals surface area contributed by atoms with Crippen LogP contribution in [0, 0.1) is 0 Å². The molecular weight excluding hydrogens is 274 g/mol. The summed E-state index contributed by atoms with van der Waals surface area (Å²) < 4.78 is 6.49. The lowest BCUT2D eigenvalue weighted by atomic mass is 10.4. The smallest absolute Gasteiger partial charge is 0.273 e. The number of hydrogen-bond donors (Lipinski definition) is 2. The molecule has 9 nitrogen and oxygen atoms in total. The number of nitrogens with two attached hydrogens (primary N) is 1. The number of rotatable bonds is 5. The van der Waals surface area contributed by atoms with Gasteiger partial charge in [-0.2, -0.15) is 5.10 Å². The maximum absolute atomic E-state index is 11.8. The van der Waals surface area contributed by atoms with Crippen LogP contribution in [-0.4, -0.2) is 51.8 Å². The van der Waals surface area contributed by atoms with Crippen LogP contribution < -0.4 is 11.3 Å². The van der Waals surface area contributed by atoms with Crippen LogP contribution in [0.15, 0.2) is 18.3 Å². The molecule has 0 aliphatic heterocycles. The number of carbonyl (C=O) groups excluding carboxylic acids is 1. The molecule has 0 aliphatic carbocycles. The molecule has 0 bridgehead atoms. The number of carbonyl (C=O) groups is 1. The lowest BCUT2D eigenvalue weighted by Gasteiger charge is -2.08. The van der Waals surface area contributed by atoms with Gasteiger partial charge in [0.1, 0.15) is 12.4 Å². The van der Waals surface area contributed by atoms with Gasteiger partial charge in [0.2, 0.25) is 0 Å². The van der Waals surface area contributed by atoms with E-state index in [4.69, 9.17) is 10.6 Å². The number of hydrazine groups is 1. The maximum Gasteiger partial charge on any atom is 0.273 e. The fourth-order valence-corrected chi connectivity index (χ4v) is 1.66. The molecule has 0 spiro atoms. The summed E-state index contributed by atoms with van der Waals surface area (Å²) in [5.41, 5.74) is 2.79. The van der Waals surface area contributed by atoms with Crippen molar-refractivity contribution in [3.05, 3.63) is 29.8 Å². The molecule has 0 atom stereocenters. The van der Waals surface area contributed by atoms with Crippen LogP contribution in [0.2, 0.25) is 0 Å². The van der Waals surface area contributed by atoms with Gasteiger partial charge >= 0.3 is 0 Å². The lowest BCUT2D eigenvalue weighted by molar-refractivity contribution is 0.0821. The van der Waals surface area contributed by atoms with Gasteiger partial charge in [-0.15, -0.1) is 0 Å². The summed E-state index contributed by atoms with van der Waals surface area (Å²) in [4.78, 5) is 21.8. The molecular formula is C12H17N7O2. The number of ether oxygens (including phenoxy) is 1. The minimum atomic E-state index is -0.183. The number of anilines is 1. The van der Waals surface area contributed by atoms with Gasteiger partial charge in [-0.3, -0.25) is 4.79 Å². The highest BCUT2D eigenvalue weighted by Gasteiger charge is 2.13. The molecule has 2 heterocycles. The standard InChI is InChI=1S/C12H17N7O2/c1-18(2)12(20)8-4-5-19(17-8)11-6-9(16-13)14-10(15-11)7-21-3/h4-6H,7,13H2,1-3H3,(H,14,15,16). The van der Waals surface area contributed by atoms with Crippen molar-refractivity contribution in [1.82, 2.24) is 24.6 Å². The maximum atomic E-state index is 11.8. The molecule has 2 rings (SSSR count). The summed E-state index contributed by atoms with van der Waals surface area (Å²) in [7, 11) is 4.88. The van der Waals surface area contributed by atoms with Crippen LogP contribution in [0.25, 0.3) is 5.82 Å². The Bertz CT molecular complexity index is 638. The van der Waals surface area contributed by atoms with Crippen molar-refractivity contribution in [1.29, 1.82) is 0 Å². The van der Waals surface area contributed by atoms with Crippen molar-refractivity contribution < 1.29 is 9.53 Å². The van der Waals surface area contributed by atoms with E-state index in [0.29, 0.717) is 23.2 Å². The van der Waals surface area contributed by atoms with Gasteiger partial charge in [-0.05, 0) is 6.07 Å². The first-order chi connectivity index (χ1) is 10.0. The predicted molar refractivity (Wildman–Crippen MR) is 75.7 cm³/mol. The molecule has 1 amide bonds. The van der Waals surface area contributed by atoms with Gasteiger partial charge in [-0.25, -0.2) is 20.5 Å². The van der Waals surface area contributed by atoms with Crippen molar-refractivity contribution >= 4 is 11.7 Å². The Morgan fingerprint density at radius 2 is 2.24 bits per heavy atom. The topological polar surface area (TPSA) is 111 Å². The van der Waals surface area contributed by atoms with Crippen LogP contribution >= 0.6 is 0 Å². The number of nitrogens with one attached hydrogen (secondary N) is 1. The van der Waals surface area contributed by atoms with Gasteiger partial charge < -0.3 is 15.1 Å². The molecule has 0 saturated heterocycles. The van der Waals surface area contributed by atoms with Gasteiger partial charge in [0.25, 0.3) is 5.91 Å². The molecule has 2 aromatic rings. The second-order valence-corrected chi connectivity index (χ2v) is 4.45. The molecule has 9 heteroatoms. The zero-order valence-electron chi connectivity index (χ0n) is 12.1. The highest BCUT2D eigenvalue weighted by Crippen LogP contribution is 2.11. The normalized spacial score (nSPS) is 10.5. The number of amides is 1.